The van der Waals surface area contributed by atoms with Gasteiger partial charge in [0.2, 0.25) is 0 Å². The van der Waals surface area contributed by atoms with Crippen LogP contribution in [0.4, 0.5) is 0 Å². The van der Waals surface area contributed by atoms with Gasteiger partial charge >= 0.3 is 0 Å². The molecule has 3 heteroatoms. The van der Waals surface area contributed by atoms with E-state index in [4.69, 9.17) is 9.47 Å². The fourth-order valence-corrected chi connectivity index (χ4v) is 4.47. The van der Waals surface area contributed by atoms with Crippen LogP contribution in [0.1, 0.15) is 85.0 Å². The Morgan fingerprint density at radius 3 is 2.54 bits per heavy atom. The minimum Gasteiger partial charge on any atom is -0.396 e. The molecule has 0 aromatic carbocycles. The summed E-state index contributed by atoms with van der Waals surface area (Å²) in [6.45, 7) is 8.59. The van der Waals surface area contributed by atoms with E-state index >= 15 is 0 Å². The number of allylic oxidation sites excluding steroid dienone is 2. The highest BCUT2D eigenvalue weighted by atomic mass is 16.5. The van der Waals surface area contributed by atoms with Gasteiger partial charge in [0, 0.05) is 19.8 Å². The highest BCUT2D eigenvalue weighted by Crippen LogP contribution is 2.46. The van der Waals surface area contributed by atoms with Crippen LogP contribution in [0.2, 0.25) is 0 Å². The number of unbranched alkanes of at least 4 members (excludes halogenated alkanes) is 3. The van der Waals surface area contributed by atoms with Gasteiger partial charge in [0.15, 0.2) is 0 Å². The number of ether oxygens (including phenoxy) is 2. The van der Waals surface area contributed by atoms with E-state index in [-0.39, 0.29) is 12.0 Å². The normalized spacial score (nSPS) is 28.5. The standard InChI is InChI=1S/C23H42O3/c1-4-5-6-10-16-25-17-14-20-19(21-12-13-22(20)26-21)11-8-7-9-15-23(2,3)18-24/h7-8,19-22,24H,4-6,9-18H2,1-3H3/b8-7-/t19-,20+,21-,22+/m1/s1. The van der Waals surface area contributed by atoms with Gasteiger partial charge in [-0.2, -0.15) is 0 Å². The molecular weight excluding hydrogens is 324 g/mol. The summed E-state index contributed by atoms with van der Waals surface area (Å²) in [4.78, 5) is 0. The Morgan fingerprint density at radius 1 is 1.04 bits per heavy atom. The zero-order chi connectivity index (χ0) is 18.8. The Morgan fingerprint density at radius 2 is 1.81 bits per heavy atom. The third-order valence-electron chi connectivity index (χ3n) is 6.32. The Labute approximate surface area is 161 Å². The van der Waals surface area contributed by atoms with E-state index in [2.05, 4.69) is 32.9 Å². The fraction of sp³-hybridized carbons (Fsp3) is 0.913. The molecule has 26 heavy (non-hydrogen) atoms. The molecule has 1 N–H and O–H groups in total. The van der Waals surface area contributed by atoms with Gasteiger partial charge in [-0.3, -0.25) is 0 Å². The topological polar surface area (TPSA) is 38.7 Å². The van der Waals surface area contributed by atoms with Crippen LogP contribution in [-0.2, 0) is 9.47 Å². The van der Waals surface area contributed by atoms with Gasteiger partial charge in [-0.1, -0.05) is 52.2 Å². The monoisotopic (exact) mass is 366 g/mol. The Bertz CT molecular complexity index is 404. The minimum atomic E-state index is 0.0386. The third-order valence-corrected chi connectivity index (χ3v) is 6.32. The maximum absolute atomic E-state index is 9.34. The molecular formula is C23H42O3. The average Bonchev–Trinajstić information content (AvgIpc) is 3.22. The molecule has 0 radical (unpaired) electrons. The first-order valence-electron chi connectivity index (χ1n) is 11.1. The molecule has 152 valence electrons. The zero-order valence-electron chi connectivity index (χ0n) is 17.4. The van der Waals surface area contributed by atoms with Crippen LogP contribution in [-0.4, -0.2) is 37.1 Å². The second-order valence-corrected chi connectivity index (χ2v) is 9.15. The third kappa shape index (κ3) is 6.98. The van der Waals surface area contributed by atoms with Crippen molar-refractivity contribution < 1.29 is 14.6 Å². The molecule has 2 rings (SSSR count). The number of rotatable bonds is 14. The van der Waals surface area contributed by atoms with Crippen molar-refractivity contribution in [3.63, 3.8) is 0 Å². The fourth-order valence-electron chi connectivity index (χ4n) is 4.47. The smallest absolute Gasteiger partial charge is 0.0614 e. The molecule has 0 amide bonds. The Hall–Kier alpha value is -0.380. The first kappa shape index (κ1) is 21.9. The van der Waals surface area contributed by atoms with Gasteiger partial charge in [0.1, 0.15) is 0 Å². The molecule has 2 bridgehead atoms. The molecule has 2 saturated heterocycles. The second-order valence-electron chi connectivity index (χ2n) is 9.15. The summed E-state index contributed by atoms with van der Waals surface area (Å²) in [6.07, 6.45) is 17.6. The SMILES string of the molecule is CCCCCCOCC[C@H]1[C@@H](C/C=C\CCC(C)(C)CO)[C@H]2CC[C@@H]1O2. The van der Waals surface area contributed by atoms with Crippen molar-refractivity contribution in [2.24, 2.45) is 17.3 Å². The van der Waals surface area contributed by atoms with Gasteiger partial charge in [-0.05, 0) is 62.2 Å². The lowest BCUT2D eigenvalue weighted by atomic mass is 9.76. The van der Waals surface area contributed by atoms with E-state index in [1.807, 2.05) is 0 Å². The van der Waals surface area contributed by atoms with Gasteiger partial charge in [-0.25, -0.2) is 0 Å². The highest BCUT2D eigenvalue weighted by molar-refractivity contribution is 4.99. The van der Waals surface area contributed by atoms with E-state index in [0.29, 0.717) is 24.0 Å². The van der Waals surface area contributed by atoms with E-state index in [1.54, 1.807) is 0 Å². The summed E-state index contributed by atoms with van der Waals surface area (Å²) < 4.78 is 12.1. The van der Waals surface area contributed by atoms with Crippen molar-refractivity contribution >= 4 is 0 Å². The van der Waals surface area contributed by atoms with Crippen LogP contribution in [0, 0.1) is 17.3 Å². The molecule has 3 nitrogen and oxygen atoms in total. The molecule has 2 aliphatic heterocycles. The van der Waals surface area contributed by atoms with Gasteiger partial charge in [0.25, 0.3) is 0 Å². The van der Waals surface area contributed by atoms with E-state index in [9.17, 15) is 5.11 Å². The van der Waals surface area contributed by atoms with Crippen LogP contribution in [0.25, 0.3) is 0 Å². The molecule has 0 unspecified atom stereocenters. The Kier molecular flexibility index (Phi) is 9.66. The van der Waals surface area contributed by atoms with Crippen molar-refractivity contribution in [2.75, 3.05) is 19.8 Å². The van der Waals surface area contributed by atoms with Crippen LogP contribution >= 0.6 is 0 Å². The summed E-state index contributed by atoms with van der Waals surface area (Å²) in [5.41, 5.74) is 0.0386. The van der Waals surface area contributed by atoms with Crippen LogP contribution in [0.5, 0.6) is 0 Å². The number of aliphatic hydroxyl groups excluding tert-OH is 1. The van der Waals surface area contributed by atoms with Gasteiger partial charge in [-0.15, -0.1) is 0 Å². The number of fused-ring (bicyclic) bond motifs is 2. The van der Waals surface area contributed by atoms with Crippen LogP contribution in [0.15, 0.2) is 12.2 Å². The van der Waals surface area contributed by atoms with Crippen molar-refractivity contribution in [3.05, 3.63) is 12.2 Å². The first-order chi connectivity index (χ1) is 12.6. The number of hydrogen-bond donors (Lipinski definition) is 1. The minimum absolute atomic E-state index is 0.0386. The predicted molar refractivity (Wildman–Crippen MR) is 108 cm³/mol. The van der Waals surface area contributed by atoms with Crippen molar-refractivity contribution in [2.45, 2.75) is 97.2 Å². The lowest BCUT2D eigenvalue weighted by Crippen LogP contribution is -2.28. The molecule has 0 spiro atoms. The quantitative estimate of drug-likeness (QED) is 0.325. The van der Waals surface area contributed by atoms with Crippen molar-refractivity contribution in [1.82, 2.24) is 0 Å². The summed E-state index contributed by atoms with van der Waals surface area (Å²) in [5.74, 6) is 1.36. The van der Waals surface area contributed by atoms with Gasteiger partial charge < -0.3 is 14.6 Å². The first-order valence-corrected chi connectivity index (χ1v) is 11.1. The molecule has 0 aromatic rings. The van der Waals surface area contributed by atoms with Crippen molar-refractivity contribution in [3.8, 4) is 0 Å². The summed E-state index contributed by atoms with van der Waals surface area (Å²) in [6, 6.07) is 0. The molecule has 2 heterocycles. The van der Waals surface area contributed by atoms with Crippen LogP contribution in [0.3, 0.4) is 0 Å². The molecule has 0 aromatic heterocycles. The number of hydrogen-bond acceptors (Lipinski definition) is 3. The summed E-state index contributed by atoms with van der Waals surface area (Å²) in [5, 5.41) is 9.34. The largest absolute Gasteiger partial charge is 0.396 e. The maximum Gasteiger partial charge on any atom is 0.0614 e. The number of aliphatic hydroxyl groups is 1. The molecule has 2 aliphatic rings. The van der Waals surface area contributed by atoms with Crippen molar-refractivity contribution in [1.29, 1.82) is 0 Å². The Balaban J connectivity index is 1.66. The van der Waals surface area contributed by atoms with Crippen LogP contribution < -0.4 is 0 Å². The van der Waals surface area contributed by atoms with E-state index in [0.717, 1.165) is 38.9 Å². The summed E-state index contributed by atoms with van der Waals surface area (Å²) in [7, 11) is 0. The second kappa shape index (κ2) is 11.5. The average molecular weight is 367 g/mol. The summed E-state index contributed by atoms with van der Waals surface area (Å²) >= 11 is 0. The van der Waals surface area contributed by atoms with E-state index < -0.39 is 0 Å². The lowest BCUT2D eigenvalue weighted by Gasteiger charge is -2.27. The maximum atomic E-state index is 9.34. The lowest BCUT2D eigenvalue weighted by molar-refractivity contribution is 0.0752. The molecule has 2 fully saturated rings. The van der Waals surface area contributed by atoms with E-state index in [1.165, 1.54) is 38.5 Å². The molecule has 0 saturated carbocycles. The molecule has 0 aliphatic carbocycles. The highest BCUT2D eigenvalue weighted by Gasteiger charge is 2.47. The zero-order valence-corrected chi connectivity index (χ0v) is 17.4. The molecule has 4 atom stereocenters. The predicted octanol–water partition coefficient (Wildman–Crippen LogP) is 5.51. The van der Waals surface area contributed by atoms with Gasteiger partial charge in [0.05, 0.1) is 12.2 Å².